The van der Waals surface area contributed by atoms with Crippen molar-refractivity contribution in [3.8, 4) is 11.8 Å². The third-order valence-electron chi connectivity index (χ3n) is 2.52. The van der Waals surface area contributed by atoms with Gasteiger partial charge in [0.15, 0.2) is 0 Å². The molecule has 2 aromatic carbocycles. The van der Waals surface area contributed by atoms with Gasteiger partial charge in [-0.25, -0.2) is 0 Å². The van der Waals surface area contributed by atoms with E-state index in [0.29, 0.717) is 0 Å². The van der Waals surface area contributed by atoms with Crippen molar-refractivity contribution in [2.75, 3.05) is 0 Å². The standard InChI is InChI=1S/C17H14.CH4/c1-3-6-14(2)9-10-15-11-12-16-7-4-5-8-17(16)13-15;/h3-8,11-13H,1H2,2H3;1H4/b14-6+;. The van der Waals surface area contributed by atoms with Crippen LogP contribution in [-0.4, -0.2) is 0 Å². The Morgan fingerprint density at radius 3 is 2.56 bits per heavy atom. The first-order chi connectivity index (χ1) is 8.29. The summed E-state index contributed by atoms with van der Waals surface area (Å²) in [6, 6.07) is 14.6. The molecule has 0 amide bonds. The van der Waals surface area contributed by atoms with Crippen LogP contribution in [0.15, 0.2) is 66.8 Å². The SMILES string of the molecule is C.C=C/C=C(\C)C#Cc1ccc2ccccc2c1. The van der Waals surface area contributed by atoms with E-state index in [0.717, 1.165) is 11.1 Å². The lowest BCUT2D eigenvalue weighted by atomic mass is 10.1. The average molecular weight is 234 g/mol. The minimum Gasteiger partial charge on any atom is -0.0990 e. The van der Waals surface area contributed by atoms with Gasteiger partial charge >= 0.3 is 0 Å². The van der Waals surface area contributed by atoms with Crippen LogP contribution in [0.1, 0.15) is 19.9 Å². The summed E-state index contributed by atoms with van der Waals surface area (Å²) in [7, 11) is 0. The molecule has 0 heteroatoms. The van der Waals surface area contributed by atoms with Crippen LogP contribution < -0.4 is 0 Å². The molecule has 0 aromatic heterocycles. The number of rotatable bonds is 1. The normalized spacial score (nSPS) is 10.2. The second-order valence-corrected chi connectivity index (χ2v) is 3.90. The second kappa shape index (κ2) is 6.47. The summed E-state index contributed by atoms with van der Waals surface area (Å²) in [5, 5.41) is 2.47. The molecule has 18 heavy (non-hydrogen) atoms. The smallest absolute Gasteiger partial charge is 0.0255 e. The van der Waals surface area contributed by atoms with Crippen LogP contribution >= 0.6 is 0 Å². The Hall–Kier alpha value is -2.26. The Labute approximate surface area is 110 Å². The Morgan fingerprint density at radius 1 is 1.11 bits per heavy atom. The first kappa shape index (κ1) is 13.8. The van der Waals surface area contributed by atoms with Crippen LogP contribution in [0.2, 0.25) is 0 Å². The Bertz CT molecular complexity index is 634. The molecule has 0 saturated carbocycles. The molecule has 0 saturated heterocycles. The number of hydrogen-bond acceptors (Lipinski definition) is 0. The molecular weight excluding hydrogens is 216 g/mol. The summed E-state index contributed by atoms with van der Waals surface area (Å²) in [4.78, 5) is 0. The molecule has 0 spiro atoms. The van der Waals surface area contributed by atoms with Gasteiger partial charge in [0.1, 0.15) is 0 Å². The highest BCUT2D eigenvalue weighted by molar-refractivity contribution is 5.83. The Balaban J connectivity index is 0.00000162. The largest absolute Gasteiger partial charge is 0.0990 e. The molecule has 0 radical (unpaired) electrons. The second-order valence-electron chi connectivity index (χ2n) is 3.90. The number of benzene rings is 2. The van der Waals surface area contributed by atoms with Gasteiger partial charge in [-0.1, -0.05) is 68.3 Å². The summed E-state index contributed by atoms with van der Waals surface area (Å²) in [6.45, 7) is 5.63. The van der Waals surface area contributed by atoms with Crippen LogP contribution in [0.5, 0.6) is 0 Å². The molecule has 0 bridgehead atoms. The van der Waals surface area contributed by atoms with E-state index in [1.54, 1.807) is 6.08 Å². The predicted molar refractivity (Wildman–Crippen MR) is 81.5 cm³/mol. The van der Waals surface area contributed by atoms with E-state index in [1.165, 1.54) is 10.8 Å². The van der Waals surface area contributed by atoms with Crippen molar-refractivity contribution in [3.05, 3.63) is 72.3 Å². The third kappa shape index (κ3) is 3.37. The lowest BCUT2D eigenvalue weighted by Crippen LogP contribution is -1.77. The highest BCUT2D eigenvalue weighted by Gasteiger charge is 1.92. The van der Waals surface area contributed by atoms with E-state index in [-0.39, 0.29) is 7.43 Å². The van der Waals surface area contributed by atoms with Crippen molar-refractivity contribution in [1.82, 2.24) is 0 Å². The highest BCUT2D eigenvalue weighted by atomic mass is 14.0. The van der Waals surface area contributed by atoms with Crippen LogP contribution in [0.25, 0.3) is 10.8 Å². The van der Waals surface area contributed by atoms with E-state index in [9.17, 15) is 0 Å². The van der Waals surface area contributed by atoms with Crippen molar-refractivity contribution in [1.29, 1.82) is 0 Å². The van der Waals surface area contributed by atoms with Gasteiger partial charge in [-0.2, -0.15) is 0 Å². The molecule has 0 aliphatic rings. The summed E-state index contributed by atoms with van der Waals surface area (Å²) in [6.07, 6.45) is 3.67. The van der Waals surface area contributed by atoms with Crippen molar-refractivity contribution < 1.29 is 0 Å². The van der Waals surface area contributed by atoms with Crippen molar-refractivity contribution >= 4 is 10.8 Å². The fourth-order valence-corrected chi connectivity index (χ4v) is 1.66. The van der Waals surface area contributed by atoms with Gasteiger partial charge in [0.2, 0.25) is 0 Å². The fraction of sp³-hybridized carbons (Fsp3) is 0.111. The lowest BCUT2D eigenvalue weighted by Gasteiger charge is -1.97. The molecular formula is C18H18. The number of allylic oxidation sites excluding steroid dienone is 3. The maximum Gasteiger partial charge on any atom is 0.0255 e. The number of hydrogen-bond donors (Lipinski definition) is 0. The summed E-state index contributed by atoms with van der Waals surface area (Å²) < 4.78 is 0. The summed E-state index contributed by atoms with van der Waals surface area (Å²) in [5.74, 6) is 6.26. The van der Waals surface area contributed by atoms with Crippen molar-refractivity contribution in [3.63, 3.8) is 0 Å². The zero-order valence-corrected chi connectivity index (χ0v) is 9.90. The van der Waals surface area contributed by atoms with Crippen LogP contribution in [0.4, 0.5) is 0 Å². The van der Waals surface area contributed by atoms with Gasteiger partial charge in [0.25, 0.3) is 0 Å². The summed E-state index contributed by atoms with van der Waals surface area (Å²) in [5.41, 5.74) is 2.06. The maximum absolute atomic E-state index is 3.65. The van der Waals surface area contributed by atoms with E-state index in [2.05, 4.69) is 48.8 Å². The average Bonchev–Trinajstić information content (AvgIpc) is 2.36. The van der Waals surface area contributed by atoms with E-state index < -0.39 is 0 Å². The van der Waals surface area contributed by atoms with Gasteiger partial charge < -0.3 is 0 Å². The van der Waals surface area contributed by atoms with Gasteiger partial charge in [0.05, 0.1) is 0 Å². The van der Waals surface area contributed by atoms with Crippen LogP contribution in [0.3, 0.4) is 0 Å². The van der Waals surface area contributed by atoms with Crippen molar-refractivity contribution in [2.24, 2.45) is 0 Å². The third-order valence-corrected chi connectivity index (χ3v) is 2.52. The van der Waals surface area contributed by atoms with E-state index >= 15 is 0 Å². The molecule has 0 heterocycles. The van der Waals surface area contributed by atoms with E-state index in [1.807, 2.05) is 25.1 Å². The molecule has 90 valence electrons. The minimum absolute atomic E-state index is 0. The molecule has 0 fully saturated rings. The molecule has 2 aromatic rings. The number of fused-ring (bicyclic) bond motifs is 1. The Morgan fingerprint density at radius 2 is 1.83 bits per heavy atom. The fourth-order valence-electron chi connectivity index (χ4n) is 1.66. The first-order valence-corrected chi connectivity index (χ1v) is 5.60. The van der Waals surface area contributed by atoms with Gasteiger partial charge in [-0.3, -0.25) is 0 Å². The Kier molecular flexibility index (Phi) is 4.96. The van der Waals surface area contributed by atoms with Gasteiger partial charge in [0, 0.05) is 5.56 Å². The summed E-state index contributed by atoms with van der Waals surface area (Å²) >= 11 is 0. The molecule has 0 nitrogen and oxygen atoms in total. The molecule has 0 aliphatic heterocycles. The van der Waals surface area contributed by atoms with E-state index in [4.69, 9.17) is 0 Å². The first-order valence-electron chi connectivity index (χ1n) is 5.60. The molecule has 2 rings (SSSR count). The topological polar surface area (TPSA) is 0 Å². The van der Waals surface area contributed by atoms with Crippen LogP contribution in [0, 0.1) is 11.8 Å². The quantitative estimate of drug-likeness (QED) is 0.483. The van der Waals surface area contributed by atoms with Crippen molar-refractivity contribution in [2.45, 2.75) is 14.4 Å². The predicted octanol–water partition coefficient (Wildman–Crippen LogP) is 4.96. The zero-order chi connectivity index (χ0) is 12.1. The maximum atomic E-state index is 3.65. The highest BCUT2D eigenvalue weighted by Crippen LogP contribution is 2.14. The minimum atomic E-state index is 0. The van der Waals surface area contributed by atoms with Crippen LogP contribution in [-0.2, 0) is 0 Å². The lowest BCUT2D eigenvalue weighted by molar-refractivity contribution is 1.57. The molecule has 0 atom stereocenters. The van der Waals surface area contributed by atoms with Gasteiger partial charge in [-0.15, -0.1) is 0 Å². The molecule has 0 unspecified atom stereocenters. The zero-order valence-electron chi connectivity index (χ0n) is 9.90. The monoisotopic (exact) mass is 234 g/mol. The molecule has 0 aliphatic carbocycles. The van der Waals surface area contributed by atoms with Gasteiger partial charge in [-0.05, 0) is 35.4 Å². The molecule has 0 N–H and O–H groups in total.